The maximum atomic E-state index is 12.8. The number of nitrogens with zero attached hydrogens (tertiary/aromatic N) is 4. The van der Waals surface area contributed by atoms with Crippen molar-refractivity contribution in [2.45, 2.75) is 39.8 Å². The summed E-state index contributed by atoms with van der Waals surface area (Å²) in [6.07, 6.45) is -3.83. The van der Waals surface area contributed by atoms with Crippen LogP contribution in [0.2, 0.25) is 0 Å². The quantitative estimate of drug-likeness (QED) is 0.809. The minimum Gasteiger partial charge on any atom is -0.356 e. The van der Waals surface area contributed by atoms with Crippen LogP contribution in [0, 0.1) is 26.7 Å². The first-order valence-electron chi connectivity index (χ1n) is 7.42. The van der Waals surface area contributed by atoms with Gasteiger partial charge >= 0.3 is 6.18 Å². The summed E-state index contributed by atoms with van der Waals surface area (Å²) in [4.78, 5) is 6.48. The van der Waals surface area contributed by atoms with E-state index in [9.17, 15) is 13.2 Å². The van der Waals surface area contributed by atoms with Gasteiger partial charge in [-0.15, -0.1) is 0 Å². The van der Waals surface area contributed by atoms with E-state index in [0.717, 1.165) is 28.4 Å². The molecule has 1 aliphatic rings. The molecule has 0 bridgehead atoms. The van der Waals surface area contributed by atoms with Crippen molar-refractivity contribution < 1.29 is 13.2 Å². The summed E-state index contributed by atoms with van der Waals surface area (Å²) in [6, 6.07) is 1.90. The highest BCUT2D eigenvalue weighted by atomic mass is 19.4. The minimum atomic E-state index is -4.09. The molecule has 0 amide bonds. The van der Waals surface area contributed by atoms with E-state index in [4.69, 9.17) is 0 Å². The highest BCUT2D eigenvalue weighted by Gasteiger charge is 2.41. The van der Waals surface area contributed by atoms with Crippen molar-refractivity contribution in [2.24, 2.45) is 5.92 Å². The Balaban J connectivity index is 1.93. The van der Waals surface area contributed by atoms with Crippen molar-refractivity contribution in [3.63, 3.8) is 0 Å². The molecule has 120 valence electrons. The van der Waals surface area contributed by atoms with Crippen LogP contribution in [0.25, 0.3) is 5.65 Å². The van der Waals surface area contributed by atoms with Crippen LogP contribution in [0.1, 0.15) is 29.8 Å². The number of halogens is 3. The van der Waals surface area contributed by atoms with Gasteiger partial charge in [0.15, 0.2) is 5.65 Å². The molecule has 0 spiro atoms. The van der Waals surface area contributed by atoms with Gasteiger partial charge in [-0.2, -0.15) is 22.8 Å². The average Bonchev–Trinajstić information content (AvgIpc) is 2.73. The van der Waals surface area contributed by atoms with Gasteiger partial charge in [0.25, 0.3) is 0 Å². The smallest absolute Gasteiger partial charge is 0.356 e. The number of alkyl halides is 3. The molecule has 7 heteroatoms. The average molecular weight is 312 g/mol. The van der Waals surface area contributed by atoms with Gasteiger partial charge in [-0.3, -0.25) is 0 Å². The zero-order valence-electron chi connectivity index (χ0n) is 12.9. The van der Waals surface area contributed by atoms with Crippen LogP contribution in [0.15, 0.2) is 6.07 Å². The number of piperidine rings is 1. The molecule has 1 aliphatic heterocycles. The molecule has 0 N–H and O–H groups in total. The predicted molar refractivity (Wildman–Crippen MR) is 78.2 cm³/mol. The molecule has 0 aromatic carbocycles. The molecule has 1 fully saturated rings. The molecule has 0 aliphatic carbocycles. The molecule has 4 nitrogen and oxygen atoms in total. The lowest BCUT2D eigenvalue weighted by molar-refractivity contribution is -0.179. The number of fused-ring (bicyclic) bond motifs is 1. The first kappa shape index (κ1) is 15.1. The van der Waals surface area contributed by atoms with Crippen LogP contribution < -0.4 is 4.90 Å². The molecule has 3 heterocycles. The fourth-order valence-corrected chi connectivity index (χ4v) is 2.99. The lowest BCUT2D eigenvalue weighted by atomic mass is 9.96. The van der Waals surface area contributed by atoms with Gasteiger partial charge < -0.3 is 4.90 Å². The van der Waals surface area contributed by atoms with Crippen molar-refractivity contribution in [3.8, 4) is 0 Å². The predicted octanol–water partition coefficient (Wildman–Crippen LogP) is 3.43. The van der Waals surface area contributed by atoms with E-state index < -0.39 is 12.1 Å². The topological polar surface area (TPSA) is 33.4 Å². The first-order chi connectivity index (χ1) is 10.3. The van der Waals surface area contributed by atoms with Gasteiger partial charge in [0.05, 0.1) is 11.6 Å². The van der Waals surface area contributed by atoms with E-state index in [1.54, 1.807) is 4.52 Å². The zero-order chi connectivity index (χ0) is 16.1. The molecule has 0 radical (unpaired) electrons. The van der Waals surface area contributed by atoms with Crippen molar-refractivity contribution in [3.05, 3.63) is 23.0 Å². The van der Waals surface area contributed by atoms with Gasteiger partial charge in [0.2, 0.25) is 0 Å². The summed E-state index contributed by atoms with van der Waals surface area (Å²) < 4.78 is 40.1. The summed E-state index contributed by atoms with van der Waals surface area (Å²) in [5, 5.41) is 4.49. The SMILES string of the molecule is Cc1cc(N2CCC(C(F)(F)F)CC2)n2nc(C)c(C)c2n1. The summed E-state index contributed by atoms with van der Waals surface area (Å²) in [7, 11) is 0. The largest absolute Gasteiger partial charge is 0.391 e. The van der Waals surface area contributed by atoms with E-state index in [2.05, 4.69) is 10.1 Å². The van der Waals surface area contributed by atoms with Gasteiger partial charge in [0.1, 0.15) is 5.82 Å². The maximum Gasteiger partial charge on any atom is 0.391 e. The standard InChI is InChI=1S/C15H19F3N4/c1-9-8-13(22-14(19-9)10(2)11(3)20-22)21-6-4-12(5-7-21)15(16,17)18/h8,12H,4-7H2,1-3H3. The molecular formula is C15H19F3N4. The Kier molecular flexibility index (Phi) is 3.53. The molecule has 2 aromatic heterocycles. The monoisotopic (exact) mass is 312 g/mol. The summed E-state index contributed by atoms with van der Waals surface area (Å²) in [5.74, 6) is -0.359. The van der Waals surface area contributed by atoms with Gasteiger partial charge in [-0.1, -0.05) is 0 Å². The third-order valence-electron chi connectivity index (χ3n) is 4.45. The number of rotatable bonds is 1. The minimum absolute atomic E-state index is 0.131. The van der Waals surface area contributed by atoms with E-state index in [1.807, 2.05) is 31.7 Å². The van der Waals surface area contributed by atoms with E-state index in [0.29, 0.717) is 13.1 Å². The van der Waals surface area contributed by atoms with Crippen molar-refractivity contribution in [1.82, 2.24) is 14.6 Å². The van der Waals surface area contributed by atoms with Crippen LogP contribution in [0.3, 0.4) is 0 Å². The van der Waals surface area contributed by atoms with Crippen molar-refractivity contribution in [1.29, 1.82) is 0 Å². The number of aromatic nitrogens is 3. The van der Waals surface area contributed by atoms with E-state index in [-0.39, 0.29) is 12.8 Å². The lowest BCUT2D eigenvalue weighted by Crippen LogP contribution is -2.39. The summed E-state index contributed by atoms with van der Waals surface area (Å²) in [6.45, 7) is 6.55. The second-order valence-corrected chi connectivity index (χ2v) is 6.00. The Morgan fingerprint density at radius 2 is 1.77 bits per heavy atom. The Morgan fingerprint density at radius 3 is 2.36 bits per heavy atom. The van der Waals surface area contributed by atoms with Gasteiger partial charge in [-0.25, -0.2) is 4.98 Å². The van der Waals surface area contributed by atoms with Crippen LogP contribution in [-0.2, 0) is 0 Å². The lowest BCUT2D eigenvalue weighted by Gasteiger charge is -2.34. The molecule has 3 rings (SSSR count). The van der Waals surface area contributed by atoms with Crippen molar-refractivity contribution >= 4 is 11.5 Å². The molecule has 1 saturated heterocycles. The third kappa shape index (κ3) is 2.53. The maximum absolute atomic E-state index is 12.8. The molecule has 0 saturated carbocycles. The zero-order valence-corrected chi connectivity index (χ0v) is 12.9. The highest BCUT2D eigenvalue weighted by molar-refractivity contribution is 5.57. The van der Waals surface area contributed by atoms with E-state index >= 15 is 0 Å². The van der Waals surface area contributed by atoms with Crippen LogP contribution in [0.4, 0.5) is 19.0 Å². The van der Waals surface area contributed by atoms with Crippen LogP contribution >= 0.6 is 0 Å². The van der Waals surface area contributed by atoms with Gasteiger partial charge in [0, 0.05) is 30.4 Å². The van der Waals surface area contributed by atoms with Crippen molar-refractivity contribution in [2.75, 3.05) is 18.0 Å². The van der Waals surface area contributed by atoms with Crippen LogP contribution in [-0.4, -0.2) is 33.9 Å². The molecule has 0 atom stereocenters. The number of hydrogen-bond donors (Lipinski definition) is 0. The Hall–Kier alpha value is -1.79. The third-order valence-corrected chi connectivity index (χ3v) is 4.45. The normalized spacial score (nSPS) is 17.5. The number of anilines is 1. The Morgan fingerprint density at radius 1 is 1.14 bits per heavy atom. The van der Waals surface area contributed by atoms with Gasteiger partial charge in [-0.05, 0) is 33.6 Å². The van der Waals surface area contributed by atoms with E-state index in [1.165, 1.54) is 0 Å². The fraction of sp³-hybridized carbons (Fsp3) is 0.600. The molecule has 2 aromatic rings. The first-order valence-corrected chi connectivity index (χ1v) is 7.42. The molecular weight excluding hydrogens is 293 g/mol. The Bertz CT molecular complexity index is 697. The molecule has 22 heavy (non-hydrogen) atoms. The second-order valence-electron chi connectivity index (χ2n) is 6.00. The summed E-state index contributed by atoms with van der Waals surface area (Å²) >= 11 is 0. The fourth-order valence-electron chi connectivity index (χ4n) is 2.99. The second kappa shape index (κ2) is 5.14. The Labute approximate surface area is 126 Å². The number of aryl methyl sites for hydroxylation is 3. The highest BCUT2D eigenvalue weighted by Crippen LogP contribution is 2.35. The molecule has 0 unspecified atom stereocenters. The number of hydrogen-bond acceptors (Lipinski definition) is 3. The van der Waals surface area contributed by atoms with Crippen LogP contribution in [0.5, 0.6) is 0 Å². The summed E-state index contributed by atoms with van der Waals surface area (Å²) in [5.41, 5.74) is 3.54.